The molecule has 0 saturated carbocycles. The number of hydrogen-bond acceptors (Lipinski definition) is 4. The van der Waals surface area contributed by atoms with Crippen LogP contribution in [0.1, 0.15) is 39.7 Å². The van der Waals surface area contributed by atoms with Gasteiger partial charge in [-0.2, -0.15) is 0 Å². The van der Waals surface area contributed by atoms with E-state index in [1.807, 2.05) is 30.3 Å². The van der Waals surface area contributed by atoms with Crippen LogP contribution in [-0.4, -0.2) is 28.3 Å². The van der Waals surface area contributed by atoms with E-state index in [-0.39, 0.29) is 6.42 Å². The first-order valence-corrected chi connectivity index (χ1v) is 6.84. The van der Waals surface area contributed by atoms with E-state index in [4.69, 9.17) is 10.5 Å². The van der Waals surface area contributed by atoms with Gasteiger partial charge >= 0.3 is 5.97 Å². The molecule has 1 aromatic rings. The van der Waals surface area contributed by atoms with Gasteiger partial charge in [-0.05, 0) is 39.7 Å². The molecule has 2 unspecified atom stereocenters. The maximum absolute atomic E-state index is 11.8. The average Bonchev–Trinajstić information content (AvgIpc) is 2.26. The molecule has 3 N–H and O–H groups in total. The Balaban J connectivity index is 2.61. The molecule has 2 atom stereocenters. The highest BCUT2D eigenvalue weighted by atomic mass is 16.6. The number of rotatable bonds is 5. The summed E-state index contributed by atoms with van der Waals surface area (Å²) in [5, 5.41) is 10.4. The topological polar surface area (TPSA) is 72.5 Å². The number of benzene rings is 1. The first-order valence-electron chi connectivity index (χ1n) is 6.84. The Kier molecular flexibility index (Phi) is 5.31. The summed E-state index contributed by atoms with van der Waals surface area (Å²) in [6.07, 6.45) is 0.398. The molecule has 20 heavy (non-hydrogen) atoms. The standard InChI is InChI=1S/C16H25NO3/c1-15(2,3)20-14(18)11-16(4,19)13(17)10-12-8-6-5-7-9-12/h5-9,13,19H,10-11,17H2,1-4H3. The first-order chi connectivity index (χ1) is 9.10. The monoisotopic (exact) mass is 279 g/mol. The van der Waals surface area contributed by atoms with Crippen molar-refractivity contribution in [2.75, 3.05) is 0 Å². The Morgan fingerprint density at radius 3 is 2.30 bits per heavy atom. The molecule has 0 aliphatic rings. The third-order valence-corrected chi connectivity index (χ3v) is 3.02. The van der Waals surface area contributed by atoms with Crippen LogP contribution in [0.5, 0.6) is 0 Å². The van der Waals surface area contributed by atoms with Crippen molar-refractivity contribution in [3.63, 3.8) is 0 Å². The van der Waals surface area contributed by atoms with Crippen molar-refractivity contribution < 1.29 is 14.6 Å². The van der Waals surface area contributed by atoms with Gasteiger partial charge in [0.15, 0.2) is 0 Å². The minimum atomic E-state index is -1.29. The first kappa shape index (κ1) is 16.7. The molecule has 0 amide bonds. The van der Waals surface area contributed by atoms with E-state index in [0.717, 1.165) is 5.56 Å². The zero-order valence-corrected chi connectivity index (χ0v) is 12.7. The van der Waals surface area contributed by atoms with Crippen molar-refractivity contribution in [3.05, 3.63) is 35.9 Å². The zero-order chi connectivity index (χ0) is 15.4. The van der Waals surface area contributed by atoms with Gasteiger partial charge in [0.1, 0.15) is 5.60 Å². The summed E-state index contributed by atoms with van der Waals surface area (Å²) in [6.45, 7) is 6.96. The summed E-state index contributed by atoms with van der Waals surface area (Å²) in [6, 6.07) is 9.13. The van der Waals surface area contributed by atoms with Crippen molar-refractivity contribution in [2.45, 2.75) is 57.8 Å². The second kappa shape index (κ2) is 6.37. The highest BCUT2D eigenvalue weighted by molar-refractivity contribution is 5.71. The minimum absolute atomic E-state index is 0.113. The molecule has 0 aliphatic heterocycles. The molecule has 0 radical (unpaired) electrons. The molecule has 0 aliphatic carbocycles. The molecule has 0 heterocycles. The molecule has 4 heteroatoms. The van der Waals surface area contributed by atoms with Gasteiger partial charge in [0.2, 0.25) is 0 Å². The van der Waals surface area contributed by atoms with Crippen molar-refractivity contribution in [1.29, 1.82) is 0 Å². The van der Waals surface area contributed by atoms with E-state index in [1.54, 1.807) is 27.7 Å². The van der Waals surface area contributed by atoms with Crippen LogP contribution in [0.2, 0.25) is 0 Å². The molecular formula is C16H25NO3. The van der Waals surface area contributed by atoms with Crippen molar-refractivity contribution in [1.82, 2.24) is 0 Å². The van der Waals surface area contributed by atoms with Gasteiger partial charge in [-0.1, -0.05) is 30.3 Å². The van der Waals surface area contributed by atoms with Crippen molar-refractivity contribution in [3.8, 4) is 0 Å². The molecule has 0 spiro atoms. The number of hydrogen-bond donors (Lipinski definition) is 2. The van der Waals surface area contributed by atoms with Crippen LogP contribution in [0.3, 0.4) is 0 Å². The minimum Gasteiger partial charge on any atom is -0.460 e. The van der Waals surface area contributed by atoms with Crippen LogP contribution in [-0.2, 0) is 16.0 Å². The highest BCUT2D eigenvalue weighted by Crippen LogP contribution is 2.20. The van der Waals surface area contributed by atoms with Crippen LogP contribution in [0, 0.1) is 0 Å². The largest absolute Gasteiger partial charge is 0.460 e. The second-order valence-corrected chi connectivity index (χ2v) is 6.42. The Morgan fingerprint density at radius 1 is 1.25 bits per heavy atom. The molecule has 0 saturated heterocycles. The van der Waals surface area contributed by atoms with Crippen LogP contribution < -0.4 is 5.73 Å². The zero-order valence-electron chi connectivity index (χ0n) is 12.7. The average molecular weight is 279 g/mol. The van der Waals surface area contributed by atoms with Crippen molar-refractivity contribution in [2.24, 2.45) is 5.73 Å². The number of carbonyl (C=O) groups excluding carboxylic acids is 1. The van der Waals surface area contributed by atoms with Crippen LogP contribution >= 0.6 is 0 Å². The van der Waals surface area contributed by atoms with E-state index in [1.165, 1.54) is 0 Å². The molecule has 1 aromatic carbocycles. The van der Waals surface area contributed by atoms with Gasteiger partial charge in [-0.3, -0.25) is 4.79 Å². The molecule has 4 nitrogen and oxygen atoms in total. The number of carbonyl (C=O) groups is 1. The van der Waals surface area contributed by atoms with Crippen molar-refractivity contribution >= 4 is 5.97 Å². The molecule has 1 rings (SSSR count). The van der Waals surface area contributed by atoms with E-state index < -0.39 is 23.2 Å². The van der Waals surface area contributed by atoms with E-state index >= 15 is 0 Å². The molecule has 0 fully saturated rings. The number of nitrogens with two attached hydrogens (primary N) is 1. The summed E-state index contributed by atoms with van der Waals surface area (Å²) in [5.74, 6) is -0.439. The lowest BCUT2D eigenvalue weighted by molar-refractivity contribution is -0.160. The highest BCUT2D eigenvalue weighted by Gasteiger charge is 2.33. The fourth-order valence-corrected chi connectivity index (χ4v) is 1.89. The van der Waals surface area contributed by atoms with E-state index in [2.05, 4.69) is 0 Å². The molecule has 0 aromatic heterocycles. The lowest BCUT2D eigenvalue weighted by Gasteiger charge is -2.30. The number of esters is 1. The Hall–Kier alpha value is -1.39. The third-order valence-electron chi connectivity index (χ3n) is 3.02. The fourth-order valence-electron chi connectivity index (χ4n) is 1.89. The van der Waals surface area contributed by atoms with E-state index in [9.17, 15) is 9.90 Å². The maximum atomic E-state index is 11.8. The van der Waals surface area contributed by atoms with E-state index in [0.29, 0.717) is 6.42 Å². The quantitative estimate of drug-likeness (QED) is 0.809. The second-order valence-electron chi connectivity index (χ2n) is 6.42. The van der Waals surface area contributed by atoms with Gasteiger partial charge < -0.3 is 15.6 Å². The van der Waals surface area contributed by atoms with Gasteiger partial charge in [-0.15, -0.1) is 0 Å². The van der Waals surface area contributed by atoms with Gasteiger partial charge in [-0.25, -0.2) is 0 Å². The summed E-state index contributed by atoms with van der Waals surface area (Å²) >= 11 is 0. The Bertz CT molecular complexity index is 435. The summed E-state index contributed by atoms with van der Waals surface area (Å²) < 4.78 is 5.22. The summed E-state index contributed by atoms with van der Waals surface area (Å²) in [4.78, 5) is 11.8. The predicted molar refractivity (Wildman–Crippen MR) is 79.2 cm³/mol. The van der Waals surface area contributed by atoms with Crippen LogP contribution in [0.25, 0.3) is 0 Å². The van der Waals surface area contributed by atoms with Crippen LogP contribution in [0.4, 0.5) is 0 Å². The maximum Gasteiger partial charge on any atom is 0.309 e. The molecular weight excluding hydrogens is 254 g/mol. The fraction of sp³-hybridized carbons (Fsp3) is 0.562. The van der Waals surface area contributed by atoms with Gasteiger partial charge in [0, 0.05) is 6.04 Å². The Labute approximate surface area is 120 Å². The molecule has 112 valence electrons. The van der Waals surface area contributed by atoms with Gasteiger partial charge in [0.25, 0.3) is 0 Å². The smallest absolute Gasteiger partial charge is 0.309 e. The number of aliphatic hydroxyl groups is 1. The lowest BCUT2D eigenvalue weighted by Crippen LogP contribution is -2.49. The Morgan fingerprint density at radius 2 is 1.80 bits per heavy atom. The SMILES string of the molecule is CC(C)(C)OC(=O)CC(C)(O)C(N)Cc1ccccc1. The lowest BCUT2D eigenvalue weighted by atomic mass is 9.88. The predicted octanol–water partition coefficient (Wildman–Crippen LogP) is 2.04. The molecule has 0 bridgehead atoms. The normalized spacial score (nSPS) is 16.3. The van der Waals surface area contributed by atoms with Crippen LogP contribution in [0.15, 0.2) is 30.3 Å². The number of ether oxygens (including phenoxy) is 1. The van der Waals surface area contributed by atoms with Gasteiger partial charge in [0.05, 0.1) is 12.0 Å². The summed E-state index contributed by atoms with van der Waals surface area (Å²) in [5.41, 5.74) is 5.22. The third kappa shape index (κ3) is 5.72. The summed E-state index contributed by atoms with van der Waals surface area (Å²) in [7, 11) is 0.